The van der Waals surface area contributed by atoms with Gasteiger partial charge in [-0.25, -0.2) is 17.5 Å². The molecule has 2 N–H and O–H groups in total. The molecular weight excluding hydrogens is 353 g/mol. The summed E-state index contributed by atoms with van der Waals surface area (Å²) in [6.07, 6.45) is 5.05. The SMILES string of the molecule is O=S(=O)(NC1CCCCC1)c1cccc(-c2n[nH]c3cc(F)ccc23)c1. The van der Waals surface area contributed by atoms with Crippen LogP contribution in [0, 0.1) is 5.82 Å². The highest BCUT2D eigenvalue weighted by Crippen LogP contribution is 2.28. The zero-order valence-corrected chi connectivity index (χ0v) is 15.0. The van der Waals surface area contributed by atoms with E-state index in [4.69, 9.17) is 0 Å². The van der Waals surface area contributed by atoms with Crippen molar-refractivity contribution < 1.29 is 12.8 Å². The third-order valence-corrected chi connectivity index (χ3v) is 6.39. The van der Waals surface area contributed by atoms with Crippen LogP contribution >= 0.6 is 0 Å². The van der Waals surface area contributed by atoms with E-state index in [1.165, 1.54) is 18.6 Å². The average molecular weight is 373 g/mol. The second kappa shape index (κ2) is 6.81. The summed E-state index contributed by atoms with van der Waals surface area (Å²) >= 11 is 0. The molecule has 0 atom stereocenters. The fraction of sp³-hybridized carbons (Fsp3) is 0.316. The van der Waals surface area contributed by atoms with Gasteiger partial charge in [-0.2, -0.15) is 5.10 Å². The van der Waals surface area contributed by atoms with Crippen LogP contribution < -0.4 is 4.72 Å². The largest absolute Gasteiger partial charge is 0.277 e. The third kappa shape index (κ3) is 3.37. The normalized spacial score (nSPS) is 16.2. The van der Waals surface area contributed by atoms with Crippen molar-refractivity contribution in [3.05, 3.63) is 48.3 Å². The Morgan fingerprint density at radius 1 is 1.08 bits per heavy atom. The molecule has 0 aliphatic heterocycles. The first-order valence-electron chi connectivity index (χ1n) is 8.79. The number of sulfonamides is 1. The number of hydrogen-bond acceptors (Lipinski definition) is 3. The highest BCUT2D eigenvalue weighted by molar-refractivity contribution is 7.89. The van der Waals surface area contributed by atoms with Gasteiger partial charge in [0, 0.05) is 17.0 Å². The Hall–Kier alpha value is -2.25. The van der Waals surface area contributed by atoms with E-state index in [1.54, 1.807) is 30.3 Å². The van der Waals surface area contributed by atoms with Crippen molar-refractivity contribution in [3.63, 3.8) is 0 Å². The summed E-state index contributed by atoms with van der Waals surface area (Å²) in [6, 6.07) is 11.1. The summed E-state index contributed by atoms with van der Waals surface area (Å²) in [5.74, 6) is -0.347. The van der Waals surface area contributed by atoms with Gasteiger partial charge >= 0.3 is 0 Å². The highest BCUT2D eigenvalue weighted by atomic mass is 32.2. The molecule has 0 unspecified atom stereocenters. The van der Waals surface area contributed by atoms with Gasteiger partial charge in [-0.15, -0.1) is 0 Å². The number of hydrogen-bond donors (Lipinski definition) is 2. The summed E-state index contributed by atoms with van der Waals surface area (Å²) < 4.78 is 41.7. The quantitative estimate of drug-likeness (QED) is 0.726. The number of aromatic nitrogens is 2. The number of halogens is 1. The average Bonchev–Trinajstić information content (AvgIpc) is 3.05. The summed E-state index contributed by atoms with van der Waals surface area (Å²) in [7, 11) is -3.58. The molecule has 0 radical (unpaired) electrons. The molecule has 1 aromatic heterocycles. The van der Waals surface area contributed by atoms with Gasteiger partial charge in [0.15, 0.2) is 0 Å². The Morgan fingerprint density at radius 3 is 2.69 bits per heavy atom. The van der Waals surface area contributed by atoms with E-state index in [1.807, 2.05) is 0 Å². The van der Waals surface area contributed by atoms with E-state index >= 15 is 0 Å². The van der Waals surface area contributed by atoms with Gasteiger partial charge < -0.3 is 0 Å². The number of nitrogens with zero attached hydrogens (tertiary/aromatic N) is 1. The van der Waals surface area contributed by atoms with Crippen molar-refractivity contribution in [1.82, 2.24) is 14.9 Å². The lowest BCUT2D eigenvalue weighted by Crippen LogP contribution is -2.36. The summed E-state index contributed by atoms with van der Waals surface area (Å²) in [6.45, 7) is 0. The van der Waals surface area contributed by atoms with Crippen LogP contribution in [-0.2, 0) is 10.0 Å². The molecular formula is C19H20FN3O2S. The third-order valence-electron chi connectivity index (χ3n) is 4.87. The van der Waals surface area contributed by atoms with Gasteiger partial charge in [0.25, 0.3) is 0 Å². The number of nitrogens with one attached hydrogen (secondary N) is 2. The van der Waals surface area contributed by atoms with E-state index in [-0.39, 0.29) is 16.8 Å². The molecule has 4 rings (SSSR count). The topological polar surface area (TPSA) is 74.8 Å². The van der Waals surface area contributed by atoms with Gasteiger partial charge in [0.05, 0.1) is 16.1 Å². The predicted molar refractivity (Wildman–Crippen MR) is 98.7 cm³/mol. The Kier molecular flexibility index (Phi) is 4.50. The lowest BCUT2D eigenvalue weighted by atomic mass is 9.96. The van der Waals surface area contributed by atoms with E-state index < -0.39 is 10.0 Å². The van der Waals surface area contributed by atoms with Crippen LogP contribution in [0.25, 0.3) is 22.2 Å². The van der Waals surface area contributed by atoms with Gasteiger partial charge in [-0.05, 0) is 43.2 Å². The van der Waals surface area contributed by atoms with Crippen molar-refractivity contribution >= 4 is 20.9 Å². The number of aromatic amines is 1. The lowest BCUT2D eigenvalue weighted by Gasteiger charge is -2.22. The Bertz CT molecular complexity index is 1040. The van der Waals surface area contributed by atoms with Gasteiger partial charge in [0.1, 0.15) is 5.82 Å². The van der Waals surface area contributed by atoms with Crippen molar-refractivity contribution in [3.8, 4) is 11.3 Å². The first-order chi connectivity index (χ1) is 12.5. The molecule has 1 saturated carbocycles. The standard InChI is InChI=1S/C19H20FN3O2S/c20-14-9-10-17-18(12-14)21-22-19(17)13-5-4-8-16(11-13)26(24,25)23-15-6-2-1-3-7-15/h4-5,8-12,15,23H,1-3,6-7H2,(H,21,22). The molecule has 0 bridgehead atoms. The Balaban J connectivity index is 1.67. The van der Waals surface area contributed by atoms with Crippen LogP contribution in [0.5, 0.6) is 0 Å². The minimum Gasteiger partial charge on any atom is -0.277 e. The number of rotatable bonds is 4. The van der Waals surface area contributed by atoms with Gasteiger partial charge in [-0.3, -0.25) is 5.10 Å². The molecule has 136 valence electrons. The molecule has 1 aliphatic rings. The van der Waals surface area contributed by atoms with Crippen LogP contribution in [-0.4, -0.2) is 24.7 Å². The minimum absolute atomic E-state index is 0.00611. The van der Waals surface area contributed by atoms with E-state index in [0.717, 1.165) is 31.1 Å². The maximum absolute atomic E-state index is 13.4. The van der Waals surface area contributed by atoms with Gasteiger partial charge in [-0.1, -0.05) is 31.4 Å². The fourth-order valence-electron chi connectivity index (χ4n) is 3.53. The lowest BCUT2D eigenvalue weighted by molar-refractivity contribution is 0.412. The number of H-pyrrole nitrogens is 1. The van der Waals surface area contributed by atoms with Crippen LogP contribution in [0.15, 0.2) is 47.4 Å². The van der Waals surface area contributed by atoms with Crippen LogP contribution in [0.2, 0.25) is 0 Å². The molecule has 3 aromatic rings. The molecule has 0 saturated heterocycles. The number of benzene rings is 2. The smallest absolute Gasteiger partial charge is 0.240 e. The molecule has 0 spiro atoms. The maximum atomic E-state index is 13.4. The number of fused-ring (bicyclic) bond motifs is 1. The molecule has 5 nitrogen and oxygen atoms in total. The van der Waals surface area contributed by atoms with Crippen molar-refractivity contribution in [2.24, 2.45) is 0 Å². The van der Waals surface area contributed by atoms with Crippen LogP contribution in [0.3, 0.4) is 0 Å². The fourth-order valence-corrected chi connectivity index (χ4v) is 4.88. The summed E-state index contributed by atoms with van der Waals surface area (Å²) in [4.78, 5) is 0.221. The van der Waals surface area contributed by atoms with Crippen molar-refractivity contribution in [2.75, 3.05) is 0 Å². The highest BCUT2D eigenvalue weighted by Gasteiger charge is 2.22. The molecule has 1 fully saturated rings. The molecule has 7 heteroatoms. The molecule has 1 heterocycles. The summed E-state index contributed by atoms with van der Waals surface area (Å²) in [5.41, 5.74) is 1.86. The minimum atomic E-state index is -3.58. The second-order valence-electron chi connectivity index (χ2n) is 6.75. The van der Waals surface area contributed by atoms with Gasteiger partial charge in [0.2, 0.25) is 10.0 Å². The maximum Gasteiger partial charge on any atom is 0.240 e. The first-order valence-corrected chi connectivity index (χ1v) is 10.3. The van der Waals surface area contributed by atoms with Crippen molar-refractivity contribution in [2.45, 2.75) is 43.0 Å². The van der Waals surface area contributed by atoms with Crippen LogP contribution in [0.4, 0.5) is 4.39 Å². The molecule has 1 aliphatic carbocycles. The monoisotopic (exact) mass is 373 g/mol. The predicted octanol–water partition coefficient (Wildman–Crippen LogP) is 3.98. The van der Waals surface area contributed by atoms with Crippen molar-refractivity contribution in [1.29, 1.82) is 0 Å². The summed E-state index contributed by atoms with van der Waals surface area (Å²) in [5, 5.41) is 7.79. The molecule has 2 aromatic carbocycles. The van der Waals surface area contributed by atoms with E-state index in [2.05, 4.69) is 14.9 Å². The first kappa shape index (κ1) is 17.2. The zero-order chi connectivity index (χ0) is 18.1. The molecule has 26 heavy (non-hydrogen) atoms. The molecule has 0 amide bonds. The zero-order valence-electron chi connectivity index (χ0n) is 14.2. The Labute approximate surface area is 151 Å². The van der Waals surface area contributed by atoms with E-state index in [9.17, 15) is 12.8 Å². The Morgan fingerprint density at radius 2 is 1.88 bits per heavy atom. The van der Waals surface area contributed by atoms with E-state index in [0.29, 0.717) is 16.8 Å². The second-order valence-corrected chi connectivity index (χ2v) is 8.46. The van der Waals surface area contributed by atoms with Crippen LogP contribution in [0.1, 0.15) is 32.1 Å².